The molecule has 16 heavy (non-hydrogen) atoms. The fourth-order valence-electron chi connectivity index (χ4n) is 1.44. The van der Waals surface area contributed by atoms with Gasteiger partial charge in [-0.15, -0.1) is 0 Å². The number of imidazole rings is 1. The van der Waals surface area contributed by atoms with Gasteiger partial charge in [0.15, 0.2) is 5.65 Å². The van der Waals surface area contributed by atoms with Crippen molar-refractivity contribution in [2.45, 2.75) is 6.42 Å². The van der Waals surface area contributed by atoms with Crippen molar-refractivity contribution < 1.29 is 9.53 Å². The molecule has 0 spiro atoms. The van der Waals surface area contributed by atoms with E-state index in [1.54, 1.807) is 22.9 Å². The molecular formula is C10H10ClN3O2. The Balaban J connectivity index is 2.44. The van der Waals surface area contributed by atoms with Gasteiger partial charge in [0.1, 0.15) is 0 Å². The molecule has 0 aliphatic rings. The molecule has 2 rings (SSSR count). The topological polar surface area (TPSA) is 69.6 Å². The zero-order chi connectivity index (χ0) is 11.7. The minimum atomic E-state index is -0.340. The van der Waals surface area contributed by atoms with Crippen molar-refractivity contribution in [3.63, 3.8) is 0 Å². The number of halogens is 1. The van der Waals surface area contributed by atoms with Crippen LogP contribution in [0.1, 0.15) is 5.69 Å². The zero-order valence-corrected chi connectivity index (χ0v) is 9.36. The smallest absolute Gasteiger partial charge is 0.311 e. The first-order valence-corrected chi connectivity index (χ1v) is 4.97. The second-order valence-electron chi connectivity index (χ2n) is 3.33. The number of nitrogen functional groups attached to an aromatic ring is 1. The van der Waals surface area contributed by atoms with Crippen LogP contribution in [0.15, 0.2) is 18.5 Å². The number of carbonyl (C=O) groups excluding carboxylic acids is 1. The van der Waals surface area contributed by atoms with Crippen molar-refractivity contribution in [1.82, 2.24) is 9.38 Å². The summed E-state index contributed by atoms with van der Waals surface area (Å²) in [7, 11) is 1.34. The largest absolute Gasteiger partial charge is 0.469 e. The third kappa shape index (κ3) is 1.94. The van der Waals surface area contributed by atoms with Gasteiger partial charge in [0.25, 0.3) is 0 Å². The number of rotatable bonds is 2. The van der Waals surface area contributed by atoms with Crippen LogP contribution < -0.4 is 5.73 Å². The molecular weight excluding hydrogens is 230 g/mol. The number of aromatic nitrogens is 2. The Morgan fingerprint density at radius 1 is 1.62 bits per heavy atom. The van der Waals surface area contributed by atoms with E-state index in [-0.39, 0.29) is 12.4 Å². The highest BCUT2D eigenvalue weighted by molar-refractivity contribution is 6.30. The van der Waals surface area contributed by atoms with E-state index in [9.17, 15) is 4.79 Å². The zero-order valence-electron chi connectivity index (χ0n) is 8.61. The summed E-state index contributed by atoms with van der Waals surface area (Å²) in [6, 6.07) is 1.62. The molecule has 0 atom stereocenters. The van der Waals surface area contributed by atoms with E-state index in [2.05, 4.69) is 9.72 Å². The summed E-state index contributed by atoms with van der Waals surface area (Å²) in [5, 5.41) is 0.520. The Hall–Kier alpha value is -1.75. The molecule has 0 saturated carbocycles. The van der Waals surface area contributed by atoms with Gasteiger partial charge >= 0.3 is 5.97 Å². The van der Waals surface area contributed by atoms with Crippen molar-refractivity contribution in [3.05, 3.63) is 29.2 Å². The van der Waals surface area contributed by atoms with Gasteiger partial charge in [-0.05, 0) is 6.07 Å². The number of pyridine rings is 1. The first-order chi connectivity index (χ1) is 7.60. The number of anilines is 1. The Morgan fingerprint density at radius 2 is 2.38 bits per heavy atom. The number of methoxy groups -OCH3 is 1. The van der Waals surface area contributed by atoms with Crippen LogP contribution in [0.2, 0.25) is 5.02 Å². The number of hydrogen-bond donors (Lipinski definition) is 1. The third-order valence-electron chi connectivity index (χ3n) is 2.15. The van der Waals surface area contributed by atoms with Crippen LogP contribution in [0.25, 0.3) is 5.65 Å². The lowest BCUT2D eigenvalue weighted by Crippen LogP contribution is -2.04. The highest BCUT2D eigenvalue weighted by Crippen LogP contribution is 2.19. The van der Waals surface area contributed by atoms with E-state index in [0.29, 0.717) is 22.1 Å². The van der Waals surface area contributed by atoms with Crippen molar-refractivity contribution >= 4 is 28.9 Å². The standard InChI is InChI=1S/C10H10ClN3O2/c1-16-9(15)3-7-5-14-4-6(11)2-8(12)10(14)13-7/h2,4-5H,3,12H2,1H3. The fourth-order valence-corrected chi connectivity index (χ4v) is 1.67. The molecule has 0 unspecified atom stereocenters. The molecule has 0 bridgehead atoms. The number of nitrogens with zero attached hydrogens (tertiary/aromatic N) is 2. The van der Waals surface area contributed by atoms with Gasteiger partial charge in [0, 0.05) is 12.4 Å². The van der Waals surface area contributed by atoms with Crippen LogP contribution in [-0.4, -0.2) is 22.5 Å². The first kappa shape index (κ1) is 10.8. The quantitative estimate of drug-likeness (QED) is 0.802. The summed E-state index contributed by atoms with van der Waals surface area (Å²) in [5.41, 5.74) is 7.41. The van der Waals surface area contributed by atoms with E-state index >= 15 is 0 Å². The Labute approximate surface area is 96.8 Å². The average Bonchev–Trinajstić information content (AvgIpc) is 2.60. The van der Waals surface area contributed by atoms with Gasteiger partial charge < -0.3 is 14.9 Å². The van der Waals surface area contributed by atoms with Crippen molar-refractivity contribution in [2.75, 3.05) is 12.8 Å². The Kier molecular flexibility index (Phi) is 2.70. The number of esters is 1. The maximum absolute atomic E-state index is 11.1. The summed E-state index contributed by atoms with van der Waals surface area (Å²) in [5.74, 6) is -0.340. The molecule has 0 amide bonds. The lowest BCUT2D eigenvalue weighted by Gasteiger charge is -1.97. The highest BCUT2D eigenvalue weighted by atomic mass is 35.5. The van der Waals surface area contributed by atoms with Crippen molar-refractivity contribution in [1.29, 1.82) is 0 Å². The molecule has 5 nitrogen and oxygen atoms in total. The van der Waals surface area contributed by atoms with Crippen LogP contribution in [-0.2, 0) is 16.0 Å². The summed E-state index contributed by atoms with van der Waals surface area (Å²) < 4.78 is 6.25. The number of fused-ring (bicyclic) bond motifs is 1. The molecule has 0 saturated heterocycles. The molecule has 84 valence electrons. The van der Waals surface area contributed by atoms with E-state index in [0.717, 1.165) is 0 Å². The molecule has 0 fully saturated rings. The van der Waals surface area contributed by atoms with Crippen LogP contribution in [0, 0.1) is 0 Å². The maximum Gasteiger partial charge on any atom is 0.311 e. The molecule has 2 aromatic heterocycles. The summed E-state index contributed by atoms with van der Waals surface area (Å²) in [6.45, 7) is 0. The third-order valence-corrected chi connectivity index (χ3v) is 2.36. The average molecular weight is 240 g/mol. The van der Waals surface area contributed by atoms with Gasteiger partial charge in [0.05, 0.1) is 29.9 Å². The molecule has 2 aromatic rings. The molecule has 2 N–H and O–H groups in total. The van der Waals surface area contributed by atoms with Gasteiger partial charge in [-0.3, -0.25) is 4.79 Å². The molecule has 0 aliphatic heterocycles. The normalized spacial score (nSPS) is 10.6. The van der Waals surface area contributed by atoms with Crippen LogP contribution in [0.3, 0.4) is 0 Å². The van der Waals surface area contributed by atoms with Gasteiger partial charge in [-0.2, -0.15) is 0 Å². The maximum atomic E-state index is 11.1. The Bertz CT molecular complexity index is 550. The predicted octanol–water partition coefficient (Wildman–Crippen LogP) is 1.29. The van der Waals surface area contributed by atoms with Crippen LogP contribution >= 0.6 is 11.6 Å². The van der Waals surface area contributed by atoms with Crippen LogP contribution in [0.5, 0.6) is 0 Å². The van der Waals surface area contributed by atoms with E-state index < -0.39 is 0 Å². The van der Waals surface area contributed by atoms with Gasteiger partial charge in [0.2, 0.25) is 0 Å². The number of ether oxygens (including phenoxy) is 1. The van der Waals surface area contributed by atoms with Crippen LogP contribution in [0.4, 0.5) is 5.69 Å². The second-order valence-corrected chi connectivity index (χ2v) is 3.77. The SMILES string of the molecule is COC(=O)Cc1cn2cc(Cl)cc(N)c2n1. The van der Waals surface area contributed by atoms with E-state index in [4.69, 9.17) is 17.3 Å². The van der Waals surface area contributed by atoms with Gasteiger partial charge in [-0.25, -0.2) is 4.98 Å². The fraction of sp³-hybridized carbons (Fsp3) is 0.200. The first-order valence-electron chi connectivity index (χ1n) is 4.59. The minimum Gasteiger partial charge on any atom is -0.469 e. The van der Waals surface area contributed by atoms with E-state index in [1.807, 2.05) is 0 Å². The highest BCUT2D eigenvalue weighted by Gasteiger charge is 2.09. The second kappa shape index (κ2) is 4.02. The Morgan fingerprint density at radius 3 is 3.06 bits per heavy atom. The number of carbonyl (C=O) groups is 1. The lowest BCUT2D eigenvalue weighted by molar-refractivity contribution is -0.139. The summed E-state index contributed by atoms with van der Waals surface area (Å²) >= 11 is 5.85. The monoisotopic (exact) mass is 239 g/mol. The van der Waals surface area contributed by atoms with E-state index in [1.165, 1.54) is 7.11 Å². The molecule has 6 heteroatoms. The molecule has 2 heterocycles. The summed E-state index contributed by atoms with van der Waals surface area (Å²) in [6.07, 6.45) is 3.50. The minimum absolute atomic E-state index is 0.120. The lowest BCUT2D eigenvalue weighted by atomic mass is 10.3. The number of hydrogen-bond acceptors (Lipinski definition) is 4. The van der Waals surface area contributed by atoms with Crippen molar-refractivity contribution in [2.24, 2.45) is 0 Å². The van der Waals surface area contributed by atoms with Gasteiger partial charge in [-0.1, -0.05) is 11.6 Å². The number of nitrogens with two attached hydrogens (primary N) is 1. The molecule has 0 radical (unpaired) electrons. The van der Waals surface area contributed by atoms with Crippen molar-refractivity contribution in [3.8, 4) is 0 Å². The molecule has 0 aromatic carbocycles. The predicted molar refractivity (Wildman–Crippen MR) is 60.3 cm³/mol. The summed E-state index contributed by atoms with van der Waals surface area (Å²) in [4.78, 5) is 15.3. The molecule has 0 aliphatic carbocycles.